The zero-order chi connectivity index (χ0) is 11.8. The van der Waals surface area contributed by atoms with Crippen LogP contribution in [0.3, 0.4) is 0 Å². The third kappa shape index (κ3) is 2.07. The van der Waals surface area contributed by atoms with E-state index in [1.165, 1.54) is 6.20 Å². The van der Waals surface area contributed by atoms with Gasteiger partial charge in [0.05, 0.1) is 29.3 Å². The number of fused-ring (bicyclic) bond motifs is 2. The van der Waals surface area contributed by atoms with E-state index < -0.39 is 5.97 Å². The molecule has 1 aromatic heterocycles. The minimum absolute atomic E-state index is 0. The maximum atomic E-state index is 10.9. The predicted octanol–water partition coefficient (Wildman–Crippen LogP) is -0.597. The summed E-state index contributed by atoms with van der Waals surface area (Å²) in [5.74, 6) is -0.933. The third-order valence-corrected chi connectivity index (χ3v) is 3.21. The maximum Gasteiger partial charge on any atom is 0.337 e. The summed E-state index contributed by atoms with van der Waals surface area (Å²) < 4.78 is 0. The number of nitrogens with one attached hydrogen (secondary N) is 2. The number of carboxylic acid groups (broad SMARTS) is 1. The molecule has 1 fully saturated rings. The van der Waals surface area contributed by atoms with Crippen LogP contribution in [0.5, 0.6) is 0 Å². The van der Waals surface area contributed by atoms with E-state index in [-0.39, 0.29) is 18.0 Å². The molecule has 1 atom stereocenters. The van der Waals surface area contributed by atoms with Gasteiger partial charge in [-0.1, -0.05) is 6.08 Å². The van der Waals surface area contributed by atoms with Gasteiger partial charge in [0.2, 0.25) is 0 Å². The predicted molar refractivity (Wildman–Crippen MR) is 69.7 cm³/mol. The molecule has 0 spiro atoms. The number of aromatic carboxylic acids is 1. The second-order valence-electron chi connectivity index (χ2n) is 4.27. The van der Waals surface area contributed by atoms with E-state index in [1.807, 2.05) is 0 Å². The van der Waals surface area contributed by atoms with Crippen LogP contribution < -0.4 is 21.2 Å². The van der Waals surface area contributed by atoms with Crippen molar-refractivity contribution < 1.29 is 9.90 Å². The van der Waals surface area contributed by atoms with Crippen LogP contribution >= 0.6 is 12.4 Å². The van der Waals surface area contributed by atoms with E-state index >= 15 is 0 Å². The van der Waals surface area contributed by atoms with Crippen LogP contribution in [0.4, 0.5) is 0 Å². The van der Waals surface area contributed by atoms with Gasteiger partial charge >= 0.3 is 5.97 Å². The zero-order valence-corrected chi connectivity index (χ0v) is 10.5. The molecule has 1 aliphatic carbocycles. The molecule has 1 unspecified atom stereocenters. The first-order valence-electron chi connectivity index (χ1n) is 5.67. The van der Waals surface area contributed by atoms with Gasteiger partial charge < -0.3 is 10.4 Å². The van der Waals surface area contributed by atoms with E-state index in [0.717, 1.165) is 35.8 Å². The highest BCUT2D eigenvalue weighted by Gasteiger charge is 2.22. The van der Waals surface area contributed by atoms with Crippen LogP contribution in [0.1, 0.15) is 23.2 Å². The molecule has 6 heteroatoms. The summed E-state index contributed by atoms with van der Waals surface area (Å²) in [5, 5.41) is 17.4. The summed E-state index contributed by atoms with van der Waals surface area (Å²) in [6.45, 7) is 0.752. The maximum absolute atomic E-state index is 10.9. The molecule has 5 nitrogen and oxygen atoms in total. The second kappa shape index (κ2) is 4.96. The van der Waals surface area contributed by atoms with Crippen molar-refractivity contribution in [3.63, 3.8) is 0 Å². The fraction of sp³-hybridized carbons (Fsp3) is 0.333. The lowest BCUT2D eigenvalue weighted by Gasteiger charge is -2.07. The van der Waals surface area contributed by atoms with Gasteiger partial charge in [-0.05, 0) is 24.1 Å². The molecule has 18 heavy (non-hydrogen) atoms. The molecule has 0 amide bonds. The molecule has 0 bridgehead atoms. The third-order valence-electron chi connectivity index (χ3n) is 3.21. The second-order valence-corrected chi connectivity index (χ2v) is 4.27. The van der Waals surface area contributed by atoms with Crippen LogP contribution in [-0.2, 0) is 0 Å². The van der Waals surface area contributed by atoms with Crippen molar-refractivity contribution in [1.29, 1.82) is 0 Å². The lowest BCUT2D eigenvalue weighted by Crippen LogP contribution is -2.35. The summed E-state index contributed by atoms with van der Waals surface area (Å²) in [6, 6.07) is 2.01. The van der Waals surface area contributed by atoms with E-state index in [9.17, 15) is 4.79 Å². The number of hydrogen-bond donors (Lipinski definition) is 3. The fourth-order valence-electron chi connectivity index (χ4n) is 2.37. The molecule has 1 aromatic rings. The minimum atomic E-state index is -0.933. The van der Waals surface area contributed by atoms with Crippen LogP contribution in [0, 0.1) is 0 Å². The van der Waals surface area contributed by atoms with Crippen LogP contribution in [-0.4, -0.2) is 28.8 Å². The topological polar surface area (TPSA) is 74.2 Å². The zero-order valence-electron chi connectivity index (χ0n) is 9.64. The van der Waals surface area contributed by atoms with E-state index in [0.29, 0.717) is 6.04 Å². The van der Waals surface area contributed by atoms with Crippen molar-refractivity contribution in [3.8, 4) is 0 Å². The number of carbonyl (C=O) groups is 1. The van der Waals surface area contributed by atoms with Crippen molar-refractivity contribution in [2.45, 2.75) is 18.9 Å². The summed E-state index contributed by atoms with van der Waals surface area (Å²) in [4.78, 5) is 15.2. The molecule has 1 saturated heterocycles. The highest BCUT2D eigenvalue weighted by molar-refractivity contribution is 5.87. The standard InChI is InChI=1S/C12H13N3O2.ClH/c16-12(17)8-4-7-2-1-3-9-11(15-6-14-9)10(7)13-5-8;/h2,4-5,9,14-15H,1,3,6H2,(H,16,17);1H. The molecule has 96 valence electrons. The Balaban J connectivity index is 0.00000120. The molecule has 3 rings (SSSR count). The molecule has 3 N–H and O–H groups in total. The lowest BCUT2D eigenvalue weighted by molar-refractivity contribution is 0.0696. The van der Waals surface area contributed by atoms with Crippen molar-refractivity contribution in [2.24, 2.45) is 0 Å². The Morgan fingerprint density at radius 3 is 3.11 bits per heavy atom. The van der Waals surface area contributed by atoms with Gasteiger partial charge in [-0.3, -0.25) is 10.3 Å². The number of nitrogens with zero attached hydrogens (tertiary/aromatic N) is 1. The lowest BCUT2D eigenvalue weighted by atomic mass is 10.1. The Kier molecular flexibility index (Phi) is 3.54. The van der Waals surface area contributed by atoms with Crippen molar-refractivity contribution in [2.75, 3.05) is 6.67 Å². The Hall–Kier alpha value is -1.59. The molecule has 0 radical (unpaired) electrons. The number of halogens is 1. The number of hydrogen-bond acceptors (Lipinski definition) is 4. The number of rotatable bonds is 1. The van der Waals surface area contributed by atoms with Crippen LogP contribution in [0.2, 0.25) is 0 Å². The first-order valence-corrected chi connectivity index (χ1v) is 5.67. The van der Waals surface area contributed by atoms with E-state index in [1.54, 1.807) is 6.07 Å². The Morgan fingerprint density at radius 2 is 2.33 bits per heavy atom. The highest BCUT2D eigenvalue weighted by Crippen LogP contribution is 2.11. The van der Waals surface area contributed by atoms with Gasteiger partial charge in [-0.2, -0.15) is 0 Å². The molecule has 1 aliphatic heterocycles. The van der Waals surface area contributed by atoms with Gasteiger partial charge in [0.1, 0.15) is 0 Å². The number of pyridine rings is 1. The SMILES string of the molecule is Cl.O=C(O)c1cnc2c(c1)=CCCC1NCNC=21. The average Bonchev–Trinajstić information content (AvgIpc) is 2.71. The van der Waals surface area contributed by atoms with Crippen LogP contribution in [0.25, 0.3) is 11.8 Å². The molecule has 0 aromatic carbocycles. The minimum Gasteiger partial charge on any atom is -0.478 e. The Morgan fingerprint density at radius 1 is 1.50 bits per heavy atom. The summed E-state index contributed by atoms with van der Waals surface area (Å²) in [6.07, 6.45) is 5.43. The Labute approximate surface area is 110 Å². The number of carboxylic acids is 1. The van der Waals surface area contributed by atoms with Crippen molar-refractivity contribution in [3.05, 3.63) is 28.4 Å². The van der Waals surface area contributed by atoms with Gasteiger partial charge in [-0.15, -0.1) is 12.4 Å². The monoisotopic (exact) mass is 267 g/mol. The summed E-state index contributed by atoms with van der Waals surface area (Å²) in [7, 11) is 0. The highest BCUT2D eigenvalue weighted by atomic mass is 35.5. The van der Waals surface area contributed by atoms with Gasteiger partial charge in [0.15, 0.2) is 0 Å². The molecular formula is C12H14ClN3O2. The molecule has 2 aliphatic rings. The quantitative estimate of drug-likeness (QED) is 0.634. The van der Waals surface area contributed by atoms with Crippen molar-refractivity contribution in [1.82, 2.24) is 15.6 Å². The van der Waals surface area contributed by atoms with Crippen LogP contribution in [0.15, 0.2) is 12.3 Å². The van der Waals surface area contributed by atoms with E-state index in [2.05, 4.69) is 21.7 Å². The summed E-state index contributed by atoms with van der Waals surface area (Å²) in [5.41, 5.74) is 1.33. The first kappa shape index (κ1) is 12.9. The van der Waals surface area contributed by atoms with Gasteiger partial charge in [0, 0.05) is 6.20 Å². The smallest absolute Gasteiger partial charge is 0.337 e. The normalized spacial score (nSPS) is 20.7. The fourth-order valence-corrected chi connectivity index (χ4v) is 2.37. The summed E-state index contributed by atoms with van der Waals surface area (Å²) >= 11 is 0. The Bertz CT molecular complexity index is 600. The largest absolute Gasteiger partial charge is 0.478 e. The van der Waals surface area contributed by atoms with Gasteiger partial charge in [0.25, 0.3) is 0 Å². The average molecular weight is 268 g/mol. The molecular weight excluding hydrogens is 254 g/mol. The number of aromatic nitrogens is 1. The molecule has 0 saturated carbocycles. The first-order chi connectivity index (χ1) is 8.25. The van der Waals surface area contributed by atoms with E-state index in [4.69, 9.17) is 5.11 Å². The van der Waals surface area contributed by atoms with Gasteiger partial charge in [-0.25, -0.2) is 4.79 Å². The van der Waals surface area contributed by atoms with Crippen molar-refractivity contribution >= 4 is 30.1 Å². The molecule has 2 heterocycles.